The third kappa shape index (κ3) is 3.47. The van der Waals surface area contributed by atoms with Gasteiger partial charge in [-0.3, -0.25) is 0 Å². The van der Waals surface area contributed by atoms with Crippen molar-refractivity contribution in [2.75, 3.05) is 0 Å². The summed E-state index contributed by atoms with van der Waals surface area (Å²) in [6.07, 6.45) is -4.70. The molecule has 0 aromatic heterocycles. The predicted octanol–water partition coefficient (Wildman–Crippen LogP) is 4.70. The highest BCUT2D eigenvalue weighted by Gasteiger charge is 2.31. The standard InChI is InChI=1S/C14H10F4O/c1-9-8-12(19-14(16,17)18)6-7-13(9)10-2-4-11(15)5-3-10/h2-8H,1H3. The van der Waals surface area contributed by atoms with E-state index in [4.69, 9.17) is 0 Å². The maximum Gasteiger partial charge on any atom is 0.573 e. The van der Waals surface area contributed by atoms with Gasteiger partial charge < -0.3 is 4.74 Å². The average Bonchev–Trinajstić information content (AvgIpc) is 2.29. The SMILES string of the molecule is Cc1cc(OC(F)(F)F)ccc1-c1ccc(F)cc1. The molecule has 0 heterocycles. The first-order chi connectivity index (χ1) is 8.85. The molecular formula is C14H10F4O. The molecule has 0 amide bonds. The molecule has 0 aliphatic heterocycles. The minimum Gasteiger partial charge on any atom is -0.406 e. The molecule has 0 unspecified atom stereocenters. The topological polar surface area (TPSA) is 9.23 Å². The van der Waals surface area contributed by atoms with Crippen molar-refractivity contribution in [1.29, 1.82) is 0 Å². The largest absolute Gasteiger partial charge is 0.573 e. The number of benzene rings is 2. The van der Waals surface area contributed by atoms with Crippen LogP contribution in [0.4, 0.5) is 17.6 Å². The number of aryl methyl sites for hydroxylation is 1. The molecule has 0 N–H and O–H groups in total. The zero-order valence-electron chi connectivity index (χ0n) is 9.96. The van der Waals surface area contributed by atoms with E-state index in [0.29, 0.717) is 5.56 Å². The van der Waals surface area contributed by atoms with Crippen LogP contribution in [0.15, 0.2) is 42.5 Å². The number of ether oxygens (including phenoxy) is 1. The second kappa shape index (κ2) is 4.91. The smallest absolute Gasteiger partial charge is 0.406 e. The summed E-state index contributed by atoms with van der Waals surface area (Å²) in [6, 6.07) is 9.79. The normalized spacial score (nSPS) is 11.4. The lowest BCUT2D eigenvalue weighted by Gasteiger charge is -2.11. The quantitative estimate of drug-likeness (QED) is 0.719. The minimum absolute atomic E-state index is 0.268. The Balaban J connectivity index is 2.31. The molecule has 1 nitrogen and oxygen atoms in total. The summed E-state index contributed by atoms with van der Waals surface area (Å²) in [5.74, 6) is -0.630. The molecule has 0 atom stereocenters. The van der Waals surface area contributed by atoms with Gasteiger partial charge in [-0.05, 0) is 47.9 Å². The van der Waals surface area contributed by atoms with Crippen LogP contribution in [-0.2, 0) is 0 Å². The van der Waals surface area contributed by atoms with Crippen molar-refractivity contribution in [3.8, 4) is 16.9 Å². The Morgan fingerprint density at radius 2 is 1.58 bits per heavy atom. The Labute approximate surface area is 107 Å². The second-order valence-electron chi connectivity index (χ2n) is 4.03. The fraction of sp³-hybridized carbons (Fsp3) is 0.143. The van der Waals surface area contributed by atoms with Gasteiger partial charge in [-0.1, -0.05) is 18.2 Å². The first kappa shape index (κ1) is 13.4. The molecule has 19 heavy (non-hydrogen) atoms. The minimum atomic E-state index is -4.70. The van der Waals surface area contributed by atoms with E-state index in [1.54, 1.807) is 19.1 Å². The van der Waals surface area contributed by atoms with Crippen LogP contribution in [0.1, 0.15) is 5.56 Å². The molecule has 2 aromatic carbocycles. The van der Waals surface area contributed by atoms with Crippen LogP contribution in [0, 0.1) is 12.7 Å². The molecule has 0 aliphatic carbocycles. The Kier molecular flexibility index (Phi) is 3.46. The van der Waals surface area contributed by atoms with E-state index < -0.39 is 6.36 Å². The summed E-state index contributed by atoms with van der Waals surface area (Å²) in [5, 5.41) is 0. The highest BCUT2D eigenvalue weighted by molar-refractivity contribution is 5.68. The maximum absolute atomic E-state index is 12.8. The van der Waals surface area contributed by atoms with Gasteiger partial charge in [-0.25, -0.2) is 4.39 Å². The van der Waals surface area contributed by atoms with Gasteiger partial charge >= 0.3 is 6.36 Å². The van der Waals surface area contributed by atoms with E-state index in [2.05, 4.69) is 4.74 Å². The van der Waals surface area contributed by atoms with Gasteiger partial charge in [0.1, 0.15) is 11.6 Å². The number of hydrogen-bond acceptors (Lipinski definition) is 1. The lowest BCUT2D eigenvalue weighted by molar-refractivity contribution is -0.274. The van der Waals surface area contributed by atoms with Crippen LogP contribution in [-0.4, -0.2) is 6.36 Å². The van der Waals surface area contributed by atoms with Gasteiger partial charge in [0, 0.05) is 0 Å². The maximum atomic E-state index is 12.8. The Bertz CT molecular complexity index is 573. The van der Waals surface area contributed by atoms with Gasteiger partial charge in [0.05, 0.1) is 0 Å². The van der Waals surface area contributed by atoms with Crippen molar-refractivity contribution in [2.24, 2.45) is 0 Å². The van der Waals surface area contributed by atoms with E-state index in [1.165, 1.54) is 30.3 Å². The molecular weight excluding hydrogens is 260 g/mol. The van der Waals surface area contributed by atoms with Gasteiger partial charge in [0.15, 0.2) is 0 Å². The van der Waals surface area contributed by atoms with E-state index in [-0.39, 0.29) is 11.6 Å². The predicted molar refractivity (Wildman–Crippen MR) is 63.3 cm³/mol. The van der Waals surface area contributed by atoms with Gasteiger partial charge in [0.25, 0.3) is 0 Å². The molecule has 0 bridgehead atoms. The lowest BCUT2D eigenvalue weighted by Crippen LogP contribution is -2.17. The first-order valence-corrected chi connectivity index (χ1v) is 5.47. The van der Waals surface area contributed by atoms with E-state index in [1.807, 2.05) is 0 Å². The van der Waals surface area contributed by atoms with Crippen molar-refractivity contribution < 1.29 is 22.3 Å². The second-order valence-corrected chi connectivity index (χ2v) is 4.03. The zero-order valence-corrected chi connectivity index (χ0v) is 9.96. The fourth-order valence-corrected chi connectivity index (χ4v) is 1.79. The summed E-state index contributed by atoms with van der Waals surface area (Å²) in [4.78, 5) is 0. The number of alkyl halides is 3. The zero-order chi connectivity index (χ0) is 14.0. The summed E-state index contributed by atoms with van der Waals surface area (Å²) < 4.78 is 52.9. The average molecular weight is 270 g/mol. The van der Waals surface area contributed by atoms with E-state index >= 15 is 0 Å². The number of halogens is 4. The monoisotopic (exact) mass is 270 g/mol. The Morgan fingerprint density at radius 3 is 2.11 bits per heavy atom. The third-order valence-corrected chi connectivity index (χ3v) is 2.59. The van der Waals surface area contributed by atoms with Crippen molar-refractivity contribution in [3.63, 3.8) is 0 Å². The number of rotatable bonds is 2. The van der Waals surface area contributed by atoms with Crippen LogP contribution < -0.4 is 4.74 Å². The number of hydrogen-bond donors (Lipinski definition) is 0. The molecule has 2 rings (SSSR count). The van der Waals surface area contributed by atoms with Crippen LogP contribution in [0.3, 0.4) is 0 Å². The van der Waals surface area contributed by atoms with E-state index in [0.717, 1.165) is 11.1 Å². The van der Waals surface area contributed by atoms with Crippen molar-refractivity contribution >= 4 is 0 Å². The van der Waals surface area contributed by atoms with E-state index in [9.17, 15) is 17.6 Å². The molecule has 0 radical (unpaired) electrons. The molecule has 100 valence electrons. The molecule has 2 aromatic rings. The van der Waals surface area contributed by atoms with Crippen LogP contribution in [0.25, 0.3) is 11.1 Å². The van der Waals surface area contributed by atoms with Gasteiger partial charge in [0.2, 0.25) is 0 Å². The van der Waals surface area contributed by atoms with Gasteiger partial charge in [-0.15, -0.1) is 13.2 Å². The van der Waals surface area contributed by atoms with Crippen LogP contribution in [0.2, 0.25) is 0 Å². The highest BCUT2D eigenvalue weighted by Crippen LogP contribution is 2.29. The first-order valence-electron chi connectivity index (χ1n) is 5.47. The third-order valence-electron chi connectivity index (χ3n) is 2.59. The summed E-state index contributed by atoms with van der Waals surface area (Å²) in [5.41, 5.74) is 2.08. The molecule has 0 spiro atoms. The molecule has 0 fully saturated rings. The van der Waals surface area contributed by atoms with Crippen molar-refractivity contribution in [1.82, 2.24) is 0 Å². The fourth-order valence-electron chi connectivity index (χ4n) is 1.79. The Hall–Kier alpha value is -2.04. The summed E-state index contributed by atoms with van der Waals surface area (Å²) in [6.45, 7) is 1.67. The summed E-state index contributed by atoms with van der Waals surface area (Å²) in [7, 11) is 0. The van der Waals surface area contributed by atoms with Crippen molar-refractivity contribution in [2.45, 2.75) is 13.3 Å². The molecule has 0 aliphatic rings. The molecule has 0 saturated heterocycles. The van der Waals surface area contributed by atoms with Crippen LogP contribution >= 0.6 is 0 Å². The Morgan fingerprint density at radius 1 is 0.947 bits per heavy atom. The van der Waals surface area contributed by atoms with Gasteiger partial charge in [-0.2, -0.15) is 0 Å². The van der Waals surface area contributed by atoms with Crippen molar-refractivity contribution in [3.05, 3.63) is 53.8 Å². The lowest BCUT2D eigenvalue weighted by atomic mass is 10.0. The molecule has 5 heteroatoms. The molecule has 0 saturated carbocycles. The van der Waals surface area contributed by atoms with Crippen LogP contribution in [0.5, 0.6) is 5.75 Å². The summed E-state index contributed by atoms with van der Waals surface area (Å²) >= 11 is 0. The highest BCUT2D eigenvalue weighted by atomic mass is 19.4.